The molecule has 158 valence electrons. The summed E-state index contributed by atoms with van der Waals surface area (Å²) in [5, 5.41) is 2.66. The molecule has 2 aliphatic heterocycles. The van der Waals surface area contributed by atoms with Crippen molar-refractivity contribution in [3.63, 3.8) is 0 Å². The van der Waals surface area contributed by atoms with Crippen LogP contribution in [-0.2, 0) is 4.79 Å². The molecule has 1 fully saturated rings. The van der Waals surface area contributed by atoms with Gasteiger partial charge in [-0.2, -0.15) is 0 Å². The molecule has 0 bridgehead atoms. The summed E-state index contributed by atoms with van der Waals surface area (Å²) in [5.41, 5.74) is 1.86. The summed E-state index contributed by atoms with van der Waals surface area (Å²) < 4.78 is 21.3. The van der Waals surface area contributed by atoms with E-state index in [0.29, 0.717) is 40.0 Å². The molecule has 2 unspecified atom stereocenters. The van der Waals surface area contributed by atoms with E-state index in [-0.39, 0.29) is 17.2 Å². The standard InChI is InChI=1S/C21H22N2O6S/c1-26-14-7-5-11(9-16(14)28-3)22-19(24)13-10-30-21-12-6-8-15(27-2)18(29-4)17(12)20(25)23(13)21/h5-9,13,21H,10H2,1-4H3,(H,22,24). The molecule has 2 aliphatic rings. The summed E-state index contributed by atoms with van der Waals surface area (Å²) in [7, 11) is 6.11. The molecule has 1 saturated heterocycles. The summed E-state index contributed by atoms with van der Waals surface area (Å²) in [6, 6.07) is 8.17. The summed E-state index contributed by atoms with van der Waals surface area (Å²) >= 11 is 1.56. The largest absolute Gasteiger partial charge is 0.493 e. The maximum atomic E-state index is 13.2. The van der Waals surface area contributed by atoms with E-state index < -0.39 is 6.04 Å². The Labute approximate surface area is 178 Å². The number of ether oxygens (including phenoxy) is 4. The molecule has 0 spiro atoms. The second-order valence-electron chi connectivity index (χ2n) is 6.74. The number of hydrogen-bond acceptors (Lipinski definition) is 7. The van der Waals surface area contributed by atoms with Crippen LogP contribution in [0.5, 0.6) is 23.0 Å². The quantitative estimate of drug-likeness (QED) is 0.754. The van der Waals surface area contributed by atoms with E-state index in [1.165, 1.54) is 21.3 Å². The maximum absolute atomic E-state index is 13.2. The molecule has 2 heterocycles. The maximum Gasteiger partial charge on any atom is 0.260 e. The molecule has 0 aliphatic carbocycles. The van der Waals surface area contributed by atoms with Gasteiger partial charge in [-0.15, -0.1) is 11.8 Å². The number of rotatable bonds is 6. The Morgan fingerprint density at radius 3 is 2.37 bits per heavy atom. The third-order valence-corrected chi connectivity index (χ3v) is 6.55. The van der Waals surface area contributed by atoms with Gasteiger partial charge in [0.1, 0.15) is 11.4 Å². The molecule has 8 nitrogen and oxygen atoms in total. The van der Waals surface area contributed by atoms with Crippen LogP contribution in [0.15, 0.2) is 30.3 Å². The highest BCUT2D eigenvalue weighted by molar-refractivity contribution is 7.99. The van der Waals surface area contributed by atoms with E-state index in [1.54, 1.807) is 48.0 Å². The molecule has 4 rings (SSSR count). The lowest BCUT2D eigenvalue weighted by Crippen LogP contribution is -2.42. The molecule has 2 amide bonds. The molecule has 1 N–H and O–H groups in total. The van der Waals surface area contributed by atoms with Gasteiger partial charge in [-0.25, -0.2) is 0 Å². The van der Waals surface area contributed by atoms with E-state index in [2.05, 4.69) is 5.32 Å². The fourth-order valence-corrected chi connectivity index (χ4v) is 5.29. The van der Waals surface area contributed by atoms with Crippen molar-refractivity contribution in [2.75, 3.05) is 39.5 Å². The number of hydrogen-bond donors (Lipinski definition) is 1. The van der Waals surface area contributed by atoms with Crippen molar-refractivity contribution in [2.45, 2.75) is 11.4 Å². The van der Waals surface area contributed by atoms with E-state index in [4.69, 9.17) is 18.9 Å². The molecular weight excluding hydrogens is 408 g/mol. The Bertz CT molecular complexity index is 1010. The van der Waals surface area contributed by atoms with Crippen LogP contribution in [0.1, 0.15) is 21.3 Å². The molecule has 9 heteroatoms. The van der Waals surface area contributed by atoms with Crippen molar-refractivity contribution >= 4 is 29.3 Å². The number of fused-ring (bicyclic) bond motifs is 3. The minimum Gasteiger partial charge on any atom is -0.493 e. The first-order valence-electron chi connectivity index (χ1n) is 9.26. The topological polar surface area (TPSA) is 86.3 Å². The highest BCUT2D eigenvalue weighted by atomic mass is 32.2. The predicted octanol–water partition coefficient (Wildman–Crippen LogP) is 2.93. The van der Waals surface area contributed by atoms with E-state index in [0.717, 1.165) is 5.56 Å². The van der Waals surface area contributed by atoms with Gasteiger partial charge < -0.3 is 29.2 Å². The van der Waals surface area contributed by atoms with Crippen LogP contribution in [0.3, 0.4) is 0 Å². The van der Waals surface area contributed by atoms with Crippen molar-refractivity contribution < 1.29 is 28.5 Å². The van der Waals surface area contributed by atoms with Gasteiger partial charge in [0, 0.05) is 23.1 Å². The predicted molar refractivity (Wildman–Crippen MR) is 113 cm³/mol. The molecule has 0 aromatic heterocycles. The van der Waals surface area contributed by atoms with Crippen LogP contribution in [0.4, 0.5) is 5.69 Å². The zero-order chi connectivity index (χ0) is 21.4. The zero-order valence-electron chi connectivity index (χ0n) is 17.1. The number of anilines is 1. The van der Waals surface area contributed by atoms with Crippen molar-refractivity contribution in [1.82, 2.24) is 4.90 Å². The summed E-state index contributed by atoms with van der Waals surface area (Å²) in [4.78, 5) is 27.9. The second-order valence-corrected chi connectivity index (χ2v) is 7.85. The van der Waals surface area contributed by atoms with E-state index in [9.17, 15) is 9.59 Å². The van der Waals surface area contributed by atoms with Gasteiger partial charge in [-0.05, 0) is 18.2 Å². The van der Waals surface area contributed by atoms with Gasteiger partial charge in [0.15, 0.2) is 23.0 Å². The fourth-order valence-electron chi connectivity index (χ4n) is 3.83. The van der Waals surface area contributed by atoms with Gasteiger partial charge in [0.2, 0.25) is 5.91 Å². The van der Waals surface area contributed by atoms with Crippen molar-refractivity contribution in [1.29, 1.82) is 0 Å². The Morgan fingerprint density at radius 2 is 1.70 bits per heavy atom. The monoisotopic (exact) mass is 430 g/mol. The number of carbonyl (C=O) groups excluding carboxylic acids is 2. The Morgan fingerprint density at radius 1 is 1.00 bits per heavy atom. The second kappa shape index (κ2) is 7.98. The highest BCUT2D eigenvalue weighted by Crippen LogP contribution is 2.52. The van der Waals surface area contributed by atoms with Crippen LogP contribution >= 0.6 is 11.8 Å². The Kier molecular flexibility index (Phi) is 5.38. The van der Waals surface area contributed by atoms with Gasteiger partial charge in [0.25, 0.3) is 5.91 Å². The van der Waals surface area contributed by atoms with Crippen LogP contribution in [0.25, 0.3) is 0 Å². The summed E-state index contributed by atoms with van der Waals surface area (Å²) in [6.07, 6.45) is 0. The summed E-state index contributed by atoms with van der Waals surface area (Å²) in [5.74, 6) is 1.97. The molecule has 0 radical (unpaired) electrons. The van der Waals surface area contributed by atoms with Gasteiger partial charge in [-0.3, -0.25) is 9.59 Å². The zero-order valence-corrected chi connectivity index (χ0v) is 17.9. The summed E-state index contributed by atoms with van der Waals surface area (Å²) in [6.45, 7) is 0. The lowest BCUT2D eigenvalue weighted by atomic mass is 10.1. The normalized spacial score (nSPS) is 19.2. The third-order valence-electron chi connectivity index (χ3n) is 5.25. The molecule has 2 atom stereocenters. The highest BCUT2D eigenvalue weighted by Gasteiger charge is 2.50. The average molecular weight is 430 g/mol. The number of benzene rings is 2. The first-order valence-corrected chi connectivity index (χ1v) is 10.3. The molecule has 2 aromatic rings. The molecular formula is C21H22N2O6S. The fraction of sp³-hybridized carbons (Fsp3) is 0.333. The van der Waals surface area contributed by atoms with Crippen LogP contribution in [0, 0.1) is 0 Å². The molecule has 0 saturated carbocycles. The molecule has 2 aromatic carbocycles. The SMILES string of the molecule is COc1ccc(NC(=O)C2CSC3c4ccc(OC)c(OC)c4C(=O)N23)cc1OC. The molecule has 30 heavy (non-hydrogen) atoms. The van der Waals surface area contributed by atoms with Gasteiger partial charge in [-0.1, -0.05) is 6.07 Å². The van der Waals surface area contributed by atoms with Crippen molar-refractivity contribution in [3.8, 4) is 23.0 Å². The lowest BCUT2D eigenvalue weighted by molar-refractivity contribution is -0.119. The van der Waals surface area contributed by atoms with Crippen molar-refractivity contribution in [3.05, 3.63) is 41.5 Å². The smallest absolute Gasteiger partial charge is 0.260 e. The van der Waals surface area contributed by atoms with Crippen LogP contribution in [0.2, 0.25) is 0 Å². The van der Waals surface area contributed by atoms with Gasteiger partial charge >= 0.3 is 0 Å². The average Bonchev–Trinajstić information content (AvgIpc) is 3.32. The number of nitrogens with one attached hydrogen (secondary N) is 1. The van der Waals surface area contributed by atoms with E-state index in [1.807, 2.05) is 6.07 Å². The third kappa shape index (κ3) is 3.09. The lowest BCUT2D eigenvalue weighted by Gasteiger charge is -2.22. The Hall–Kier alpha value is -3.07. The van der Waals surface area contributed by atoms with Crippen LogP contribution in [-0.4, -0.2) is 56.9 Å². The van der Waals surface area contributed by atoms with Gasteiger partial charge in [0.05, 0.1) is 34.0 Å². The van der Waals surface area contributed by atoms with E-state index >= 15 is 0 Å². The first kappa shape index (κ1) is 20.2. The number of nitrogens with zero attached hydrogens (tertiary/aromatic N) is 1. The first-order chi connectivity index (χ1) is 14.5. The number of carbonyl (C=O) groups is 2. The number of methoxy groups -OCH3 is 4. The van der Waals surface area contributed by atoms with Crippen LogP contribution < -0.4 is 24.3 Å². The minimum absolute atomic E-state index is 0.228. The number of amides is 2. The van der Waals surface area contributed by atoms with Crippen molar-refractivity contribution in [2.24, 2.45) is 0 Å². The minimum atomic E-state index is -0.608. The number of thioether (sulfide) groups is 1. The Balaban J connectivity index is 1.59.